The summed E-state index contributed by atoms with van der Waals surface area (Å²) >= 11 is 0. The molecule has 42 heavy (non-hydrogen) atoms. The lowest BCUT2D eigenvalue weighted by Crippen LogP contribution is -2.32. The maximum Gasteiger partial charge on any atom is 0.407 e. The van der Waals surface area contributed by atoms with E-state index in [1.165, 1.54) is 0 Å². The molecule has 10 heteroatoms. The molecule has 4 amide bonds. The highest BCUT2D eigenvalue weighted by Crippen LogP contribution is 2.15. The molecule has 4 N–H and O–H groups in total. The first-order chi connectivity index (χ1) is 19.7. The van der Waals surface area contributed by atoms with Gasteiger partial charge in [-0.3, -0.25) is 9.59 Å². The molecule has 0 radical (unpaired) electrons. The monoisotopic (exact) mass is 574 g/mol. The zero-order valence-electron chi connectivity index (χ0n) is 24.8. The molecule has 3 aromatic carbocycles. The van der Waals surface area contributed by atoms with Crippen LogP contribution in [0.4, 0.5) is 21.0 Å². The lowest BCUT2D eigenvalue weighted by atomic mass is 10.1. The Morgan fingerprint density at radius 1 is 0.524 bits per heavy atom. The van der Waals surface area contributed by atoms with Crippen LogP contribution in [0.1, 0.15) is 73.4 Å². The van der Waals surface area contributed by atoms with Crippen molar-refractivity contribution in [2.24, 2.45) is 0 Å². The zero-order chi connectivity index (χ0) is 30.9. The Balaban J connectivity index is 1.47. The van der Waals surface area contributed by atoms with Gasteiger partial charge in [0.05, 0.1) is 0 Å². The fourth-order valence-electron chi connectivity index (χ4n) is 3.57. The molecule has 0 aliphatic heterocycles. The van der Waals surface area contributed by atoms with Crippen LogP contribution in [0.2, 0.25) is 0 Å². The summed E-state index contributed by atoms with van der Waals surface area (Å²) in [5.74, 6) is -0.644. The molecule has 0 atom stereocenters. The van der Waals surface area contributed by atoms with Crippen LogP contribution >= 0.6 is 0 Å². The Kier molecular flexibility index (Phi) is 10.3. The minimum absolute atomic E-state index is 0.294. The number of carbonyl (C=O) groups is 4. The van der Waals surface area contributed by atoms with Crippen LogP contribution in [-0.4, -0.2) is 35.2 Å². The van der Waals surface area contributed by atoms with E-state index in [9.17, 15) is 19.2 Å². The molecule has 0 fully saturated rings. The SMILES string of the molecule is CC(C)(C)OC(=O)NCc1ccc(NC(=O)c2ccc(C(=O)Nc3ccc(CNC(=O)OC(C)(C)C)cc3)cc2)cc1. The summed E-state index contributed by atoms with van der Waals surface area (Å²) in [6.07, 6.45) is -1.00. The van der Waals surface area contributed by atoms with Crippen LogP contribution in [0.3, 0.4) is 0 Å². The lowest BCUT2D eigenvalue weighted by Gasteiger charge is -2.19. The predicted octanol–water partition coefficient (Wildman–Crippen LogP) is 6.24. The van der Waals surface area contributed by atoms with Gasteiger partial charge in [-0.15, -0.1) is 0 Å². The lowest BCUT2D eigenvalue weighted by molar-refractivity contribution is 0.0512. The summed E-state index contributed by atoms with van der Waals surface area (Å²) in [6.45, 7) is 11.4. The van der Waals surface area contributed by atoms with Gasteiger partial charge in [0.1, 0.15) is 11.2 Å². The topological polar surface area (TPSA) is 135 Å². The standard InChI is InChI=1S/C32H38N4O6/c1-31(2,3)41-29(39)33-19-21-7-15-25(16-8-21)35-27(37)23-11-13-24(14-12-23)28(38)36-26-17-9-22(10-18-26)20-34-30(40)42-32(4,5)6/h7-18H,19-20H2,1-6H3,(H,33,39)(H,34,40)(H,35,37)(H,36,38). The largest absolute Gasteiger partial charge is 0.444 e. The van der Waals surface area contributed by atoms with Gasteiger partial charge in [0.2, 0.25) is 0 Å². The predicted molar refractivity (Wildman–Crippen MR) is 161 cm³/mol. The number of carbonyl (C=O) groups excluding carboxylic acids is 4. The van der Waals surface area contributed by atoms with E-state index in [0.717, 1.165) is 11.1 Å². The molecule has 10 nitrogen and oxygen atoms in total. The van der Waals surface area contributed by atoms with Gasteiger partial charge >= 0.3 is 12.2 Å². The molecule has 0 bridgehead atoms. The van der Waals surface area contributed by atoms with Crippen LogP contribution in [0.25, 0.3) is 0 Å². The Labute approximate surface area is 246 Å². The summed E-state index contributed by atoms with van der Waals surface area (Å²) in [4.78, 5) is 49.0. The fraction of sp³-hybridized carbons (Fsp3) is 0.312. The number of rotatable bonds is 8. The quantitative estimate of drug-likeness (QED) is 0.252. The molecule has 0 aliphatic rings. The van der Waals surface area contributed by atoms with Crippen molar-refractivity contribution < 1.29 is 28.7 Å². The van der Waals surface area contributed by atoms with Crippen molar-refractivity contribution in [3.05, 3.63) is 95.1 Å². The molecule has 3 aromatic rings. The van der Waals surface area contributed by atoms with Gasteiger partial charge in [0.15, 0.2) is 0 Å². The van der Waals surface area contributed by atoms with Crippen molar-refractivity contribution >= 4 is 35.4 Å². The van der Waals surface area contributed by atoms with Crippen molar-refractivity contribution in [3.63, 3.8) is 0 Å². The third kappa shape index (κ3) is 11.0. The Morgan fingerprint density at radius 2 is 0.833 bits per heavy atom. The molecule has 0 saturated heterocycles. The normalized spacial score (nSPS) is 11.2. The molecule has 0 aromatic heterocycles. The van der Waals surface area contributed by atoms with Crippen molar-refractivity contribution in [3.8, 4) is 0 Å². The minimum Gasteiger partial charge on any atom is -0.444 e. The molecular formula is C32H38N4O6. The molecule has 0 aliphatic carbocycles. The second-order valence-electron chi connectivity index (χ2n) is 11.6. The first-order valence-electron chi connectivity index (χ1n) is 13.5. The smallest absolute Gasteiger partial charge is 0.407 e. The van der Waals surface area contributed by atoms with E-state index >= 15 is 0 Å². The highest BCUT2D eigenvalue weighted by Gasteiger charge is 2.17. The van der Waals surface area contributed by atoms with Gasteiger partial charge in [-0.1, -0.05) is 24.3 Å². The second kappa shape index (κ2) is 13.7. The number of anilines is 2. The van der Waals surface area contributed by atoms with Crippen molar-refractivity contribution in [1.29, 1.82) is 0 Å². The molecular weight excluding hydrogens is 536 g/mol. The molecule has 0 heterocycles. The number of alkyl carbamates (subject to hydrolysis) is 2. The van der Waals surface area contributed by atoms with Gasteiger partial charge in [-0.25, -0.2) is 9.59 Å². The highest BCUT2D eigenvalue weighted by molar-refractivity contribution is 6.07. The first-order valence-corrected chi connectivity index (χ1v) is 13.5. The van der Waals surface area contributed by atoms with E-state index in [4.69, 9.17) is 9.47 Å². The van der Waals surface area contributed by atoms with Crippen LogP contribution in [0.5, 0.6) is 0 Å². The maximum absolute atomic E-state index is 12.7. The summed E-state index contributed by atoms with van der Waals surface area (Å²) in [6, 6.07) is 20.5. The maximum atomic E-state index is 12.7. The van der Waals surface area contributed by atoms with Gasteiger partial charge in [0.25, 0.3) is 11.8 Å². The summed E-state index contributed by atoms with van der Waals surface area (Å²) in [5, 5.41) is 11.0. The van der Waals surface area contributed by atoms with E-state index < -0.39 is 23.4 Å². The van der Waals surface area contributed by atoms with Gasteiger partial charge in [-0.2, -0.15) is 0 Å². The zero-order valence-corrected chi connectivity index (χ0v) is 24.8. The Hall–Kier alpha value is -4.86. The molecule has 0 saturated carbocycles. The summed E-state index contributed by atoms with van der Waals surface area (Å²) in [7, 11) is 0. The molecule has 0 spiro atoms. The first kappa shape index (κ1) is 31.7. The van der Waals surface area contributed by atoms with Crippen molar-refractivity contribution in [2.75, 3.05) is 10.6 Å². The second-order valence-corrected chi connectivity index (χ2v) is 11.6. The average molecular weight is 575 g/mol. The van der Waals surface area contributed by atoms with Crippen molar-refractivity contribution in [2.45, 2.75) is 65.8 Å². The van der Waals surface area contributed by atoms with E-state index in [0.29, 0.717) is 35.6 Å². The number of nitrogens with one attached hydrogen (secondary N) is 4. The van der Waals surface area contributed by atoms with Crippen LogP contribution < -0.4 is 21.3 Å². The van der Waals surface area contributed by atoms with E-state index in [-0.39, 0.29) is 11.8 Å². The van der Waals surface area contributed by atoms with E-state index in [1.54, 1.807) is 114 Å². The molecule has 0 unspecified atom stereocenters. The third-order valence-corrected chi connectivity index (χ3v) is 5.50. The number of hydrogen-bond acceptors (Lipinski definition) is 6. The van der Waals surface area contributed by atoms with Gasteiger partial charge in [-0.05, 0) is 101 Å². The van der Waals surface area contributed by atoms with E-state index in [2.05, 4.69) is 21.3 Å². The molecule has 3 rings (SSSR count). The Morgan fingerprint density at radius 3 is 1.12 bits per heavy atom. The van der Waals surface area contributed by atoms with Crippen LogP contribution in [-0.2, 0) is 22.6 Å². The minimum atomic E-state index is -0.572. The summed E-state index contributed by atoms with van der Waals surface area (Å²) in [5.41, 5.74) is 2.52. The molecule has 222 valence electrons. The van der Waals surface area contributed by atoms with Gasteiger partial charge in [0, 0.05) is 35.6 Å². The third-order valence-electron chi connectivity index (χ3n) is 5.50. The van der Waals surface area contributed by atoms with Crippen LogP contribution in [0, 0.1) is 0 Å². The number of amides is 4. The number of ether oxygens (including phenoxy) is 2. The highest BCUT2D eigenvalue weighted by atomic mass is 16.6. The van der Waals surface area contributed by atoms with E-state index in [1.807, 2.05) is 0 Å². The number of benzene rings is 3. The average Bonchev–Trinajstić information content (AvgIpc) is 2.90. The van der Waals surface area contributed by atoms with Crippen LogP contribution in [0.15, 0.2) is 72.8 Å². The van der Waals surface area contributed by atoms with Gasteiger partial charge < -0.3 is 30.7 Å². The fourth-order valence-corrected chi connectivity index (χ4v) is 3.57. The number of hydrogen-bond donors (Lipinski definition) is 4. The summed E-state index contributed by atoms with van der Waals surface area (Å²) < 4.78 is 10.4. The van der Waals surface area contributed by atoms with Crippen molar-refractivity contribution in [1.82, 2.24) is 10.6 Å². The Bertz CT molecular complexity index is 1280.